The van der Waals surface area contributed by atoms with Crippen molar-refractivity contribution >= 4 is 16.6 Å². The first-order chi connectivity index (χ1) is 11.7. The monoisotopic (exact) mass is 322 g/mol. The first-order valence-corrected chi connectivity index (χ1v) is 7.78. The van der Waals surface area contributed by atoms with Crippen LogP contribution >= 0.6 is 0 Å². The summed E-state index contributed by atoms with van der Waals surface area (Å²) in [6.45, 7) is 0. The maximum atomic E-state index is 12.3. The Morgan fingerprint density at radius 2 is 2.12 bits per heavy atom. The normalized spacial score (nSPS) is 16.5. The summed E-state index contributed by atoms with van der Waals surface area (Å²) in [7, 11) is 0. The molecule has 3 heterocycles. The second-order valence-electron chi connectivity index (χ2n) is 6.22. The van der Waals surface area contributed by atoms with Crippen molar-refractivity contribution in [1.29, 1.82) is 0 Å². The maximum absolute atomic E-state index is 12.3. The Kier molecular flexibility index (Phi) is 2.53. The molecule has 0 bridgehead atoms. The third-order valence-corrected chi connectivity index (χ3v) is 4.73. The Balaban J connectivity index is 1.72. The number of para-hydroxylation sites is 1. The molecule has 1 aliphatic carbocycles. The quantitative estimate of drug-likeness (QED) is 0.579. The molecule has 1 fully saturated rings. The fourth-order valence-corrected chi connectivity index (χ4v) is 3.15. The third-order valence-electron chi connectivity index (χ3n) is 4.73. The van der Waals surface area contributed by atoms with Crippen LogP contribution in [-0.2, 0) is 5.54 Å². The Labute approximate surface area is 135 Å². The first kappa shape index (κ1) is 13.4. The van der Waals surface area contributed by atoms with Crippen LogP contribution in [0.25, 0.3) is 28.0 Å². The van der Waals surface area contributed by atoms with Gasteiger partial charge in [-0.3, -0.25) is 4.79 Å². The number of hydrogen-bond acceptors (Lipinski definition) is 6. The van der Waals surface area contributed by atoms with Crippen molar-refractivity contribution in [3.63, 3.8) is 0 Å². The van der Waals surface area contributed by atoms with Gasteiger partial charge in [0, 0.05) is 0 Å². The van der Waals surface area contributed by atoms with Gasteiger partial charge in [0.1, 0.15) is 11.2 Å². The van der Waals surface area contributed by atoms with E-state index in [0.29, 0.717) is 28.3 Å². The van der Waals surface area contributed by atoms with E-state index in [1.165, 1.54) is 0 Å². The zero-order valence-corrected chi connectivity index (χ0v) is 12.7. The Morgan fingerprint density at radius 1 is 1.29 bits per heavy atom. The van der Waals surface area contributed by atoms with Crippen molar-refractivity contribution in [2.75, 3.05) is 0 Å². The predicted molar refractivity (Wildman–Crippen MR) is 86.3 cm³/mol. The summed E-state index contributed by atoms with van der Waals surface area (Å²) in [5, 5.41) is 8.95. The Morgan fingerprint density at radius 3 is 2.92 bits per heavy atom. The van der Waals surface area contributed by atoms with E-state index in [2.05, 4.69) is 20.2 Å². The number of nitrogens with one attached hydrogen (secondary N) is 1. The summed E-state index contributed by atoms with van der Waals surface area (Å²) < 4.78 is 7.04. The number of nitrogens with two attached hydrogens (primary N) is 1. The Hall–Kier alpha value is -3.00. The second kappa shape index (κ2) is 4.51. The van der Waals surface area contributed by atoms with Crippen molar-refractivity contribution in [2.24, 2.45) is 5.73 Å². The van der Waals surface area contributed by atoms with Gasteiger partial charge in [-0.05, 0) is 31.4 Å². The molecule has 0 saturated heterocycles. The summed E-state index contributed by atoms with van der Waals surface area (Å²) in [5.41, 5.74) is 7.38. The topological polar surface area (TPSA) is 115 Å². The van der Waals surface area contributed by atoms with Gasteiger partial charge >= 0.3 is 0 Å². The van der Waals surface area contributed by atoms with E-state index >= 15 is 0 Å². The molecule has 1 aromatic carbocycles. The van der Waals surface area contributed by atoms with Gasteiger partial charge in [-0.2, -0.15) is 10.1 Å². The maximum Gasteiger partial charge on any atom is 0.263 e. The minimum Gasteiger partial charge on any atom is -0.334 e. The average molecular weight is 322 g/mol. The van der Waals surface area contributed by atoms with Crippen LogP contribution in [0.3, 0.4) is 0 Å². The molecule has 0 atom stereocenters. The zero-order chi connectivity index (χ0) is 16.3. The van der Waals surface area contributed by atoms with Crippen molar-refractivity contribution in [3.05, 3.63) is 46.6 Å². The minimum absolute atomic E-state index is 0.186. The van der Waals surface area contributed by atoms with Gasteiger partial charge < -0.3 is 15.2 Å². The van der Waals surface area contributed by atoms with E-state index in [1.54, 1.807) is 16.8 Å². The molecule has 0 spiro atoms. The molecule has 8 nitrogen and oxygen atoms in total. The molecule has 120 valence electrons. The van der Waals surface area contributed by atoms with Crippen LogP contribution < -0.4 is 11.3 Å². The van der Waals surface area contributed by atoms with Crippen LogP contribution in [0, 0.1) is 0 Å². The molecule has 0 unspecified atom stereocenters. The van der Waals surface area contributed by atoms with Crippen molar-refractivity contribution in [3.8, 4) is 11.5 Å². The van der Waals surface area contributed by atoms with E-state index in [0.717, 1.165) is 24.8 Å². The molecule has 5 rings (SSSR count). The SMILES string of the molecule is NC1(c2noc(-c3cnn4c3[nH]c(=O)c3ccccc34)n2)CCC1. The van der Waals surface area contributed by atoms with Crippen molar-refractivity contribution < 1.29 is 4.52 Å². The average Bonchev–Trinajstić information content (AvgIpc) is 3.19. The van der Waals surface area contributed by atoms with Crippen LogP contribution in [0.15, 0.2) is 39.8 Å². The lowest BCUT2D eigenvalue weighted by Crippen LogP contribution is -2.44. The lowest BCUT2D eigenvalue weighted by Gasteiger charge is -2.34. The molecule has 1 aliphatic rings. The van der Waals surface area contributed by atoms with Gasteiger partial charge in [0.15, 0.2) is 5.82 Å². The van der Waals surface area contributed by atoms with Gasteiger partial charge in [0.2, 0.25) is 0 Å². The van der Waals surface area contributed by atoms with Gasteiger partial charge in [-0.1, -0.05) is 17.3 Å². The second-order valence-corrected chi connectivity index (χ2v) is 6.22. The molecule has 0 radical (unpaired) electrons. The van der Waals surface area contributed by atoms with Gasteiger partial charge in [0.05, 0.1) is 22.6 Å². The smallest absolute Gasteiger partial charge is 0.263 e. The van der Waals surface area contributed by atoms with Crippen LogP contribution in [0.4, 0.5) is 0 Å². The van der Waals surface area contributed by atoms with Crippen molar-refractivity contribution in [2.45, 2.75) is 24.8 Å². The lowest BCUT2D eigenvalue weighted by molar-refractivity contribution is 0.229. The standard InChI is InChI=1S/C16H14N6O2/c17-16(6-3-7-16)15-20-14(24-21-15)10-8-18-22-11-5-2-1-4-9(11)13(23)19-12(10)22/h1-2,4-5,8H,3,6-7,17H2,(H,19,23). The molecule has 8 heteroatoms. The number of nitrogens with zero attached hydrogens (tertiary/aromatic N) is 4. The van der Waals surface area contributed by atoms with Gasteiger partial charge in [-0.15, -0.1) is 0 Å². The molecule has 4 aromatic rings. The van der Waals surface area contributed by atoms with Crippen LogP contribution in [0.1, 0.15) is 25.1 Å². The summed E-state index contributed by atoms with van der Waals surface area (Å²) in [6, 6.07) is 7.28. The lowest BCUT2D eigenvalue weighted by atomic mass is 9.77. The Bertz CT molecular complexity index is 1130. The minimum atomic E-state index is -0.495. The van der Waals surface area contributed by atoms with Crippen LogP contribution in [0.5, 0.6) is 0 Å². The predicted octanol–water partition coefficient (Wildman–Crippen LogP) is 1.56. The fourth-order valence-electron chi connectivity index (χ4n) is 3.15. The number of aromatic nitrogens is 5. The highest BCUT2D eigenvalue weighted by molar-refractivity contribution is 5.83. The molecular formula is C16H14N6O2. The largest absolute Gasteiger partial charge is 0.334 e. The van der Waals surface area contributed by atoms with Gasteiger partial charge in [-0.25, -0.2) is 4.52 Å². The van der Waals surface area contributed by atoms with E-state index < -0.39 is 5.54 Å². The number of benzene rings is 1. The molecular weight excluding hydrogens is 308 g/mol. The number of rotatable bonds is 2. The van der Waals surface area contributed by atoms with E-state index in [9.17, 15) is 4.79 Å². The van der Waals surface area contributed by atoms with E-state index in [1.807, 2.05) is 18.2 Å². The van der Waals surface area contributed by atoms with Crippen LogP contribution in [0.2, 0.25) is 0 Å². The van der Waals surface area contributed by atoms with Crippen molar-refractivity contribution in [1.82, 2.24) is 24.7 Å². The summed E-state index contributed by atoms with van der Waals surface area (Å²) in [4.78, 5) is 19.6. The molecule has 3 N–H and O–H groups in total. The number of aromatic amines is 1. The molecule has 0 amide bonds. The number of fused-ring (bicyclic) bond motifs is 3. The fraction of sp³-hybridized carbons (Fsp3) is 0.250. The zero-order valence-electron chi connectivity index (χ0n) is 12.7. The highest BCUT2D eigenvalue weighted by atomic mass is 16.5. The molecule has 24 heavy (non-hydrogen) atoms. The summed E-state index contributed by atoms with van der Waals surface area (Å²) >= 11 is 0. The highest BCUT2D eigenvalue weighted by Gasteiger charge is 2.39. The summed E-state index contributed by atoms with van der Waals surface area (Å²) in [5.74, 6) is 0.814. The molecule has 1 saturated carbocycles. The number of hydrogen-bond donors (Lipinski definition) is 2. The van der Waals surface area contributed by atoms with Gasteiger partial charge in [0.25, 0.3) is 11.4 Å². The van der Waals surface area contributed by atoms with E-state index in [4.69, 9.17) is 10.3 Å². The van der Waals surface area contributed by atoms with E-state index in [-0.39, 0.29) is 5.56 Å². The first-order valence-electron chi connectivity index (χ1n) is 7.78. The molecule has 3 aromatic heterocycles. The van der Waals surface area contributed by atoms with Crippen LogP contribution in [-0.4, -0.2) is 24.7 Å². The molecule has 0 aliphatic heterocycles. The number of H-pyrrole nitrogens is 1. The third kappa shape index (κ3) is 1.71. The summed E-state index contributed by atoms with van der Waals surface area (Å²) in [6.07, 6.45) is 4.37. The highest BCUT2D eigenvalue weighted by Crippen LogP contribution is 2.37.